The minimum absolute atomic E-state index is 0.141. The second-order valence-corrected chi connectivity index (χ2v) is 7.99. The number of aromatic nitrogens is 3. The number of anilines is 1. The summed E-state index contributed by atoms with van der Waals surface area (Å²) < 4.78 is 13.1. The monoisotopic (exact) mass is 466 g/mol. The van der Waals surface area contributed by atoms with Gasteiger partial charge in [0.1, 0.15) is 5.76 Å². The highest BCUT2D eigenvalue weighted by Gasteiger charge is 2.22. The molecule has 0 atom stereocenters. The molecule has 35 heavy (non-hydrogen) atoms. The van der Waals surface area contributed by atoms with Crippen LogP contribution in [0.25, 0.3) is 11.3 Å². The zero-order valence-corrected chi connectivity index (χ0v) is 19.0. The van der Waals surface area contributed by atoms with Crippen molar-refractivity contribution in [2.24, 2.45) is 0 Å². The first kappa shape index (κ1) is 22.1. The molecule has 0 fully saturated rings. The summed E-state index contributed by atoms with van der Waals surface area (Å²) in [5.41, 5.74) is 1.98. The summed E-state index contributed by atoms with van der Waals surface area (Å²) in [4.78, 5) is 29.1. The van der Waals surface area contributed by atoms with Gasteiger partial charge in [0.05, 0.1) is 6.54 Å². The predicted octanol–water partition coefficient (Wildman–Crippen LogP) is 5.23. The zero-order chi connectivity index (χ0) is 24.2. The van der Waals surface area contributed by atoms with Crippen molar-refractivity contribution in [2.45, 2.75) is 19.9 Å². The van der Waals surface area contributed by atoms with Crippen LogP contribution in [0.2, 0.25) is 0 Å². The van der Waals surface area contributed by atoms with E-state index in [2.05, 4.69) is 15.4 Å². The number of furan rings is 1. The fraction of sp³-hybridized carbons (Fsp3) is 0.111. The van der Waals surface area contributed by atoms with Gasteiger partial charge in [-0.3, -0.25) is 14.3 Å². The molecule has 0 spiro atoms. The van der Waals surface area contributed by atoms with Crippen molar-refractivity contribution in [3.8, 4) is 11.3 Å². The molecule has 1 N–H and O–H groups in total. The van der Waals surface area contributed by atoms with Crippen molar-refractivity contribution in [1.82, 2.24) is 14.8 Å². The molecule has 0 radical (unpaired) electrons. The minimum Gasteiger partial charge on any atom is -0.456 e. The van der Waals surface area contributed by atoms with E-state index in [-0.39, 0.29) is 11.5 Å². The van der Waals surface area contributed by atoms with Gasteiger partial charge in [-0.1, -0.05) is 60.7 Å². The van der Waals surface area contributed by atoms with E-state index in [1.807, 2.05) is 60.7 Å². The molecule has 0 aliphatic rings. The second kappa shape index (κ2) is 9.64. The Hall–Kier alpha value is -4.72. The largest absolute Gasteiger partial charge is 0.456 e. The first-order valence-corrected chi connectivity index (χ1v) is 11.1. The molecular weight excluding hydrogens is 444 g/mol. The number of benzene rings is 2. The van der Waals surface area contributed by atoms with Gasteiger partial charge in [-0.25, -0.2) is 4.98 Å². The van der Waals surface area contributed by atoms with Gasteiger partial charge in [-0.05, 0) is 17.7 Å². The van der Waals surface area contributed by atoms with Crippen molar-refractivity contribution < 1.29 is 18.4 Å². The first-order chi connectivity index (χ1) is 17.0. The van der Waals surface area contributed by atoms with Gasteiger partial charge in [0.25, 0.3) is 5.91 Å². The molecule has 174 valence electrons. The van der Waals surface area contributed by atoms with Gasteiger partial charge in [0.15, 0.2) is 34.7 Å². The van der Waals surface area contributed by atoms with Gasteiger partial charge in [-0.15, -0.1) is 0 Å². The lowest BCUT2D eigenvalue weighted by Crippen LogP contribution is -2.14. The van der Waals surface area contributed by atoms with E-state index in [9.17, 15) is 9.59 Å². The Kier molecular flexibility index (Phi) is 6.09. The molecule has 0 bridgehead atoms. The molecule has 5 aromatic rings. The van der Waals surface area contributed by atoms with Crippen LogP contribution in [-0.4, -0.2) is 26.5 Å². The van der Waals surface area contributed by atoms with Crippen LogP contribution in [0, 0.1) is 0 Å². The predicted molar refractivity (Wildman–Crippen MR) is 129 cm³/mol. The summed E-state index contributed by atoms with van der Waals surface area (Å²) >= 11 is 0. The van der Waals surface area contributed by atoms with Crippen molar-refractivity contribution in [2.75, 3.05) is 5.32 Å². The number of hydrogen-bond acceptors (Lipinski definition) is 6. The van der Waals surface area contributed by atoms with Crippen LogP contribution >= 0.6 is 0 Å². The average molecular weight is 466 g/mol. The second-order valence-electron chi connectivity index (χ2n) is 7.99. The third-order valence-corrected chi connectivity index (χ3v) is 5.33. The Morgan fingerprint density at radius 1 is 0.914 bits per heavy atom. The van der Waals surface area contributed by atoms with Crippen LogP contribution in [0.4, 0.5) is 5.82 Å². The lowest BCUT2D eigenvalue weighted by molar-refractivity contribution is 0.0983. The number of amides is 1. The summed E-state index contributed by atoms with van der Waals surface area (Å²) in [5.74, 6) is 1.54. The highest BCUT2D eigenvalue weighted by atomic mass is 16.4. The minimum atomic E-state index is -0.422. The smallest absolute Gasteiger partial charge is 0.279 e. The maximum atomic E-state index is 13.2. The molecule has 0 saturated heterocycles. The molecule has 3 heterocycles. The van der Waals surface area contributed by atoms with Crippen molar-refractivity contribution in [3.63, 3.8) is 0 Å². The number of Topliss-reactive ketones (excluding diaryl/α,β-unsaturated/α-hetero) is 1. The number of ketones is 1. The molecule has 0 saturated carbocycles. The quantitative estimate of drug-likeness (QED) is 0.314. The molecule has 2 aromatic carbocycles. The summed E-state index contributed by atoms with van der Waals surface area (Å²) in [5, 5.41) is 7.18. The summed E-state index contributed by atoms with van der Waals surface area (Å²) in [7, 11) is 0. The molecule has 0 unspecified atom stereocenters. The highest BCUT2D eigenvalue weighted by Crippen LogP contribution is 2.27. The van der Waals surface area contributed by atoms with Crippen LogP contribution in [0.3, 0.4) is 0 Å². The van der Waals surface area contributed by atoms with Crippen molar-refractivity contribution in [3.05, 3.63) is 114 Å². The molecule has 3 aromatic heterocycles. The Balaban J connectivity index is 1.36. The van der Waals surface area contributed by atoms with E-state index in [1.165, 1.54) is 6.92 Å². The number of nitrogens with one attached hydrogen (secondary N) is 1. The van der Waals surface area contributed by atoms with E-state index in [4.69, 9.17) is 8.83 Å². The Labute approximate surface area is 201 Å². The SMILES string of the molecule is CC(=O)c1ccc(Cn2ccc(NC(=O)c3nc(Cc4ccccc4)oc3-c3ccccc3)n2)o1. The van der Waals surface area contributed by atoms with Crippen LogP contribution in [-0.2, 0) is 13.0 Å². The summed E-state index contributed by atoms with van der Waals surface area (Å²) in [6, 6.07) is 24.2. The van der Waals surface area contributed by atoms with E-state index in [1.54, 1.807) is 29.1 Å². The van der Waals surface area contributed by atoms with Gasteiger partial charge >= 0.3 is 0 Å². The third-order valence-electron chi connectivity index (χ3n) is 5.33. The van der Waals surface area contributed by atoms with Crippen LogP contribution < -0.4 is 5.32 Å². The Morgan fingerprint density at radius 2 is 1.66 bits per heavy atom. The van der Waals surface area contributed by atoms with Crippen LogP contribution in [0.1, 0.15) is 45.2 Å². The van der Waals surface area contributed by atoms with Gasteiger partial charge in [-0.2, -0.15) is 5.10 Å². The third kappa shape index (κ3) is 5.11. The number of rotatable bonds is 8. The van der Waals surface area contributed by atoms with Gasteiger partial charge < -0.3 is 14.2 Å². The number of nitrogens with zero attached hydrogens (tertiary/aromatic N) is 3. The molecular formula is C27H22N4O4. The topological polar surface area (TPSA) is 103 Å². The van der Waals surface area contributed by atoms with Crippen LogP contribution in [0.15, 0.2) is 93.9 Å². The van der Waals surface area contributed by atoms with E-state index < -0.39 is 5.91 Å². The normalized spacial score (nSPS) is 10.9. The standard InChI is InChI=1S/C27H22N4O4/c1-18(32)22-13-12-21(34-22)17-31-15-14-23(30-31)28-27(33)25-26(20-10-6-3-7-11-20)35-24(29-25)16-19-8-4-2-5-9-19/h2-15H,16-17H2,1H3,(H,28,30,33). The lowest BCUT2D eigenvalue weighted by atomic mass is 10.1. The van der Waals surface area contributed by atoms with Gasteiger partial charge in [0.2, 0.25) is 0 Å². The zero-order valence-electron chi connectivity index (χ0n) is 19.0. The number of oxazole rings is 1. The number of hydrogen-bond donors (Lipinski definition) is 1. The van der Waals surface area contributed by atoms with Crippen LogP contribution in [0.5, 0.6) is 0 Å². The average Bonchev–Trinajstić information content (AvgIpc) is 3.61. The maximum Gasteiger partial charge on any atom is 0.279 e. The number of carbonyl (C=O) groups is 2. The molecule has 0 aliphatic carbocycles. The highest BCUT2D eigenvalue weighted by molar-refractivity contribution is 6.06. The molecule has 5 rings (SSSR count). The molecule has 0 aliphatic heterocycles. The van der Waals surface area contributed by atoms with Gasteiger partial charge in [0, 0.05) is 31.2 Å². The fourth-order valence-corrected chi connectivity index (χ4v) is 3.65. The summed E-state index contributed by atoms with van der Waals surface area (Å²) in [6.07, 6.45) is 2.18. The Morgan fingerprint density at radius 3 is 2.37 bits per heavy atom. The molecule has 8 nitrogen and oxygen atoms in total. The number of carbonyl (C=O) groups excluding carboxylic acids is 2. The maximum absolute atomic E-state index is 13.2. The summed E-state index contributed by atoms with van der Waals surface area (Å²) in [6.45, 7) is 1.77. The lowest BCUT2D eigenvalue weighted by Gasteiger charge is -2.02. The first-order valence-electron chi connectivity index (χ1n) is 11.1. The van der Waals surface area contributed by atoms with Crippen molar-refractivity contribution in [1.29, 1.82) is 0 Å². The fourth-order valence-electron chi connectivity index (χ4n) is 3.65. The molecule has 8 heteroatoms. The van der Waals surface area contributed by atoms with E-state index in [0.717, 1.165) is 11.1 Å². The van der Waals surface area contributed by atoms with E-state index >= 15 is 0 Å². The Bertz CT molecular complexity index is 1470. The molecule has 1 amide bonds. The van der Waals surface area contributed by atoms with E-state index in [0.29, 0.717) is 42.0 Å². The van der Waals surface area contributed by atoms with Crippen molar-refractivity contribution >= 4 is 17.5 Å².